The molecule has 9 nitrogen and oxygen atoms in total. The lowest BCUT2D eigenvalue weighted by Crippen LogP contribution is -1.90. The first-order chi connectivity index (χ1) is 10.6. The number of hydrogen-bond donors (Lipinski definition) is 2. The van der Waals surface area contributed by atoms with Crippen LogP contribution in [-0.4, -0.2) is 30.3 Å². The average Bonchev–Trinajstić information content (AvgIpc) is 3.00. The number of aromatic nitrogens is 3. The number of benzene rings is 1. The van der Waals surface area contributed by atoms with Gasteiger partial charge in [0.1, 0.15) is 0 Å². The molecule has 3 rings (SSSR count). The van der Waals surface area contributed by atoms with Crippen LogP contribution in [-0.2, 0) is 0 Å². The SMILES string of the molecule is O=[N+]([O-])c1cc(-c2nc(-c3ccncc3)no2)cc(O)c1O. The number of phenols is 2. The smallest absolute Gasteiger partial charge is 0.315 e. The average molecular weight is 300 g/mol. The number of nitrogens with zero attached hydrogens (tertiary/aromatic N) is 4. The molecule has 2 aromatic heterocycles. The first-order valence-electron chi connectivity index (χ1n) is 6.01. The Kier molecular flexibility index (Phi) is 3.14. The molecule has 0 aliphatic heterocycles. The second-order valence-electron chi connectivity index (χ2n) is 4.28. The number of hydrogen-bond acceptors (Lipinski definition) is 8. The Morgan fingerprint density at radius 1 is 1.14 bits per heavy atom. The molecule has 0 saturated heterocycles. The Morgan fingerprint density at radius 3 is 2.55 bits per heavy atom. The lowest BCUT2D eigenvalue weighted by molar-refractivity contribution is -0.385. The van der Waals surface area contributed by atoms with E-state index in [9.17, 15) is 20.3 Å². The summed E-state index contributed by atoms with van der Waals surface area (Å²) >= 11 is 0. The van der Waals surface area contributed by atoms with Crippen LogP contribution >= 0.6 is 0 Å². The molecule has 22 heavy (non-hydrogen) atoms. The van der Waals surface area contributed by atoms with Crippen LogP contribution < -0.4 is 0 Å². The Labute approximate surface area is 122 Å². The van der Waals surface area contributed by atoms with Crippen molar-refractivity contribution in [1.29, 1.82) is 0 Å². The van der Waals surface area contributed by atoms with Crippen LogP contribution in [0.25, 0.3) is 22.8 Å². The summed E-state index contributed by atoms with van der Waals surface area (Å²) in [6.45, 7) is 0. The molecule has 0 bridgehead atoms. The molecule has 0 fully saturated rings. The summed E-state index contributed by atoms with van der Waals surface area (Å²) in [5.74, 6) is -1.21. The number of nitro benzene ring substituents is 1. The van der Waals surface area contributed by atoms with Gasteiger partial charge in [0.15, 0.2) is 5.75 Å². The predicted molar refractivity (Wildman–Crippen MR) is 72.9 cm³/mol. The van der Waals surface area contributed by atoms with Crippen molar-refractivity contribution in [1.82, 2.24) is 15.1 Å². The van der Waals surface area contributed by atoms with Gasteiger partial charge in [-0.05, 0) is 18.2 Å². The van der Waals surface area contributed by atoms with E-state index >= 15 is 0 Å². The van der Waals surface area contributed by atoms with Gasteiger partial charge in [-0.15, -0.1) is 0 Å². The maximum Gasteiger partial charge on any atom is 0.315 e. The lowest BCUT2D eigenvalue weighted by atomic mass is 10.1. The molecule has 110 valence electrons. The van der Waals surface area contributed by atoms with E-state index in [-0.39, 0.29) is 17.3 Å². The normalized spacial score (nSPS) is 10.5. The van der Waals surface area contributed by atoms with E-state index in [0.717, 1.165) is 12.1 Å². The number of phenolic OH excluding ortho intramolecular Hbond substituents is 2. The molecule has 0 atom stereocenters. The summed E-state index contributed by atoms with van der Waals surface area (Å²) in [7, 11) is 0. The van der Waals surface area contributed by atoms with E-state index in [4.69, 9.17) is 4.52 Å². The van der Waals surface area contributed by atoms with Crippen LogP contribution in [0.15, 0.2) is 41.2 Å². The van der Waals surface area contributed by atoms with Gasteiger partial charge in [0.05, 0.1) is 10.5 Å². The Hall–Kier alpha value is -3.49. The minimum Gasteiger partial charge on any atom is -0.504 e. The molecule has 0 aliphatic rings. The highest BCUT2D eigenvalue weighted by atomic mass is 16.6. The van der Waals surface area contributed by atoms with Crippen molar-refractivity contribution in [2.45, 2.75) is 0 Å². The first-order valence-corrected chi connectivity index (χ1v) is 6.01. The molecule has 1 aromatic carbocycles. The molecule has 0 saturated carbocycles. The molecule has 0 unspecified atom stereocenters. The summed E-state index contributed by atoms with van der Waals surface area (Å²) in [4.78, 5) is 18.0. The third kappa shape index (κ3) is 2.30. The molecule has 3 aromatic rings. The van der Waals surface area contributed by atoms with Gasteiger partial charge in [-0.25, -0.2) is 0 Å². The second-order valence-corrected chi connectivity index (χ2v) is 4.28. The zero-order valence-corrected chi connectivity index (χ0v) is 10.9. The number of aromatic hydroxyl groups is 2. The van der Waals surface area contributed by atoms with Crippen molar-refractivity contribution in [3.05, 3.63) is 46.8 Å². The largest absolute Gasteiger partial charge is 0.504 e. The number of pyridine rings is 1. The van der Waals surface area contributed by atoms with Gasteiger partial charge in [0.2, 0.25) is 11.6 Å². The second kappa shape index (κ2) is 5.13. The van der Waals surface area contributed by atoms with Crippen molar-refractivity contribution < 1.29 is 19.7 Å². The van der Waals surface area contributed by atoms with Crippen molar-refractivity contribution in [2.75, 3.05) is 0 Å². The van der Waals surface area contributed by atoms with Gasteiger partial charge in [-0.1, -0.05) is 5.16 Å². The first kappa shape index (κ1) is 13.5. The van der Waals surface area contributed by atoms with E-state index in [1.165, 1.54) is 0 Å². The maximum absolute atomic E-state index is 10.8. The van der Waals surface area contributed by atoms with Gasteiger partial charge in [0.25, 0.3) is 5.89 Å². The highest BCUT2D eigenvalue weighted by molar-refractivity contribution is 5.68. The van der Waals surface area contributed by atoms with Crippen LogP contribution in [0, 0.1) is 10.1 Å². The molecule has 0 spiro atoms. The quantitative estimate of drug-likeness (QED) is 0.426. The van der Waals surface area contributed by atoms with Crippen molar-refractivity contribution in [3.8, 4) is 34.3 Å². The van der Waals surface area contributed by atoms with E-state index in [2.05, 4.69) is 15.1 Å². The van der Waals surface area contributed by atoms with Crippen molar-refractivity contribution in [3.63, 3.8) is 0 Å². The molecular formula is C13H8N4O5. The van der Waals surface area contributed by atoms with Crippen LogP contribution in [0.1, 0.15) is 0 Å². The molecular weight excluding hydrogens is 292 g/mol. The fourth-order valence-corrected chi connectivity index (χ4v) is 1.83. The van der Waals surface area contributed by atoms with Gasteiger partial charge < -0.3 is 14.7 Å². The van der Waals surface area contributed by atoms with Crippen molar-refractivity contribution >= 4 is 5.69 Å². The summed E-state index contributed by atoms with van der Waals surface area (Å²) < 4.78 is 5.04. The van der Waals surface area contributed by atoms with Crippen molar-refractivity contribution in [2.24, 2.45) is 0 Å². The summed E-state index contributed by atoms with van der Waals surface area (Å²) in [6, 6.07) is 5.49. The van der Waals surface area contributed by atoms with Gasteiger partial charge in [-0.2, -0.15) is 4.98 Å². The van der Waals surface area contributed by atoms with Gasteiger partial charge in [-0.3, -0.25) is 15.1 Å². The third-order valence-corrected chi connectivity index (χ3v) is 2.88. The highest BCUT2D eigenvalue weighted by Gasteiger charge is 2.22. The van der Waals surface area contributed by atoms with Crippen LogP contribution in [0.5, 0.6) is 11.5 Å². The molecule has 0 radical (unpaired) electrons. The molecule has 9 heteroatoms. The van der Waals surface area contributed by atoms with E-state index in [1.54, 1.807) is 24.5 Å². The molecule has 0 amide bonds. The van der Waals surface area contributed by atoms with Crippen LogP contribution in [0.4, 0.5) is 5.69 Å². The lowest BCUT2D eigenvalue weighted by Gasteiger charge is -2.01. The summed E-state index contributed by atoms with van der Waals surface area (Å²) in [5.41, 5.74) is 0.121. The summed E-state index contributed by atoms with van der Waals surface area (Å²) in [5, 5.41) is 33.6. The Bertz CT molecular complexity index is 847. The van der Waals surface area contributed by atoms with Crippen LogP contribution in [0.2, 0.25) is 0 Å². The number of nitro groups is 1. The fourth-order valence-electron chi connectivity index (χ4n) is 1.83. The Morgan fingerprint density at radius 2 is 1.86 bits per heavy atom. The molecule has 0 aliphatic carbocycles. The van der Waals surface area contributed by atoms with Crippen LogP contribution in [0.3, 0.4) is 0 Å². The molecule has 2 heterocycles. The topological polar surface area (TPSA) is 135 Å². The number of rotatable bonds is 3. The van der Waals surface area contributed by atoms with Gasteiger partial charge in [0, 0.05) is 24.0 Å². The maximum atomic E-state index is 10.8. The molecule has 2 N–H and O–H groups in total. The minimum absolute atomic E-state index is 0.0230. The minimum atomic E-state index is -0.821. The predicted octanol–water partition coefficient (Wildman–Crippen LogP) is 2.12. The highest BCUT2D eigenvalue weighted by Crippen LogP contribution is 2.39. The van der Waals surface area contributed by atoms with Gasteiger partial charge >= 0.3 is 5.69 Å². The zero-order chi connectivity index (χ0) is 15.7. The van der Waals surface area contributed by atoms with E-state index in [1.807, 2.05) is 0 Å². The van der Waals surface area contributed by atoms with E-state index in [0.29, 0.717) is 5.56 Å². The standard InChI is InChI=1S/C13H8N4O5/c18-10-6-8(5-9(11(10)19)17(20)21)13-15-12(16-22-13)7-1-3-14-4-2-7/h1-6,18-19H. The summed E-state index contributed by atoms with van der Waals surface area (Å²) in [6.07, 6.45) is 3.12. The fraction of sp³-hybridized carbons (Fsp3) is 0. The van der Waals surface area contributed by atoms with E-state index < -0.39 is 22.1 Å². The Balaban J connectivity index is 2.06. The monoisotopic (exact) mass is 300 g/mol. The zero-order valence-electron chi connectivity index (χ0n) is 10.9. The third-order valence-electron chi connectivity index (χ3n) is 2.88.